The maximum absolute atomic E-state index is 10.6. The number of benzene rings is 3. The molecule has 132 valence electrons. The molecule has 0 heterocycles. The third-order valence-corrected chi connectivity index (χ3v) is 9.51. The Bertz CT molecular complexity index is 788. The Morgan fingerprint density at radius 2 is 1.23 bits per heavy atom. The van der Waals surface area contributed by atoms with Crippen LogP contribution < -0.4 is 10.4 Å². The Balaban J connectivity index is 1.83. The minimum absolute atomic E-state index is 0.492. The van der Waals surface area contributed by atoms with Gasteiger partial charge in [0.05, 0.1) is 6.10 Å². The first-order valence-electron chi connectivity index (χ1n) is 9.10. The summed E-state index contributed by atoms with van der Waals surface area (Å²) in [6.07, 6.45) is 0.111. The van der Waals surface area contributed by atoms with Crippen LogP contribution in [0, 0.1) is 0 Å². The summed E-state index contributed by atoms with van der Waals surface area (Å²) in [6, 6.07) is 32.3. The van der Waals surface area contributed by atoms with E-state index in [4.69, 9.17) is 0 Å². The second-order valence-electron chi connectivity index (χ2n) is 7.12. The fourth-order valence-electron chi connectivity index (χ4n) is 3.62. The topological polar surface area (TPSA) is 20.2 Å². The van der Waals surface area contributed by atoms with Crippen molar-refractivity contribution in [3.8, 4) is 0 Å². The molecule has 0 radical (unpaired) electrons. The van der Waals surface area contributed by atoms with Gasteiger partial charge in [0.15, 0.2) is 0 Å². The van der Waals surface area contributed by atoms with Crippen LogP contribution in [0.3, 0.4) is 0 Å². The number of aliphatic hydroxyl groups is 1. The van der Waals surface area contributed by atoms with Gasteiger partial charge in [-0.1, -0.05) is 113 Å². The maximum atomic E-state index is 10.6. The van der Waals surface area contributed by atoms with Crippen LogP contribution in [0.4, 0.5) is 0 Å². The molecule has 0 spiro atoms. The molecule has 1 atom stereocenters. The van der Waals surface area contributed by atoms with Crippen LogP contribution in [0.25, 0.3) is 0 Å². The maximum Gasteiger partial charge on any atom is 0.119 e. The highest BCUT2D eigenvalue weighted by Crippen LogP contribution is 2.26. The van der Waals surface area contributed by atoms with Crippen LogP contribution in [0.15, 0.2) is 103 Å². The first-order valence-corrected chi connectivity index (χ1v) is 11.8. The van der Waals surface area contributed by atoms with Crippen molar-refractivity contribution in [2.75, 3.05) is 0 Å². The molecule has 3 aromatic carbocycles. The monoisotopic (exact) mass is 358 g/mol. The minimum Gasteiger partial charge on any atom is -0.388 e. The molecule has 0 aliphatic rings. The van der Waals surface area contributed by atoms with E-state index in [0.717, 1.165) is 17.2 Å². The highest BCUT2D eigenvalue weighted by Gasteiger charge is 2.32. The average molecular weight is 359 g/mol. The van der Waals surface area contributed by atoms with Gasteiger partial charge in [-0.2, -0.15) is 0 Å². The number of aliphatic hydroxyl groups excluding tert-OH is 1. The Morgan fingerprint density at radius 1 is 0.808 bits per heavy atom. The highest BCUT2D eigenvalue weighted by molar-refractivity contribution is 7.01. The van der Waals surface area contributed by atoms with Gasteiger partial charge in [0.25, 0.3) is 0 Å². The Kier molecular flexibility index (Phi) is 5.87. The van der Waals surface area contributed by atoms with Crippen molar-refractivity contribution in [1.29, 1.82) is 0 Å². The van der Waals surface area contributed by atoms with E-state index in [1.807, 2.05) is 30.3 Å². The van der Waals surface area contributed by atoms with Gasteiger partial charge in [-0.05, 0) is 18.0 Å². The summed E-state index contributed by atoms with van der Waals surface area (Å²) in [6.45, 7) is 6.73. The molecule has 0 saturated heterocycles. The summed E-state index contributed by atoms with van der Waals surface area (Å²) < 4.78 is 0. The summed E-state index contributed by atoms with van der Waals surface area (Å²) in [5.41, 5.74) is 2.07. The lowest BCUT2D eigenvalue weighted by molar-refractivity contribution is 0.178. The number of rotatable bonds is 7. The molecule has 3 rings (SSSR count). The van der Waals surface area contributed by atoms with Gasteiger partial charge in [0, 0.05) is 0 Å². The minimum atomic E-state index is -1.94. The molecule has 0 fully saturated rings. The molecule has 2 heteroatoms. The van der Waals surface area contributed by atoms with E-state index >= 15 is 0 Å². The molecule has 1 nitrogen and oxygen atoms in total. The standard InChI is InChI=1S/C24H26OSi/c1-20(18-24(25)21-12-6-3-7-13-21)19-26(2,22-14-8-4-9-15-22)23-16-10-5-11-17-23/h3-17,24-25H,1,18-19H2,2H3. The lowest BCUT2D eigenvalue weighted by Crippen LogP contribution is -2.55. The third-order valence-electron chi connectivity index (χ3n) is 5.09. The van der Waals surface area contributed by atoms with Gasteiger partial charge in [-0.3, -0.25) is 0 Å². The molecule has 0 saturated carbocycles. The van der Waals surface area contributed by atoms with Crippen molar-refractivity contribution in [2.24, 2.45) is 0 Å². The van der Waals surface area contributed by atoms with Gasteiger partial charge in [0.1, 0.15) is 8.07 Å². The largest absolute Gasteiger partial charge is 0.388 e. The van der Waals surface area contributed by atoms with E-state index in [9.17, 15) is 5.11 Å². The summed E-state index contributed by atoms with van der Waals surface area (Å²) in [7, 11) is -1.94. The van der Waals surface area contributed by atoms with Crippen molar-refractivity contribution in [1.82, 2.24) is 0 Å². The summed E-state index contributed by atoms with van der Waals surface area (Å²) >= 11 is 0. The smallest absolute Gasteiger partial charge is 0.119 e. The van der Waals surface area contributed by atoms with Crippen molar-refractivity contribution in [2.45, 2.75) is 25.1 Å². The van der Waals surface area contributed by atoms with Crippen molar-refractivity contribution >= 4 is 18.4 Å². The molecule has 0 aliphatic heterocycles. The average Bonchev–Trinajstić information content (AvgIpc) is 2.70. The lowest BCUT2D eigenvalue weighted by Gasteiger charge is -2.30. The van der Waals surface area contributed by atoms with E-state index in [0.29, 0.717) is 6.42 Å². The van der Waals surface area contributed by atoms with Crippen molar-refractivity contribution < 1.29 is 5.11 Å². The van der Waals surface area contributed by atoms with Crippen molar-refractivity contribution in [3.63, 3.8) is 0 Å². The van der Waals surface area contributed by atoms with Gasteiger partial charge in [-0.25, -0.2) is 0 Å². The van der Waals surface area contributed by atoms with Crippen LogP contribution >= 0.6 is 0 Å². The molecule has 0 bridgehead atoms. The van der Waals surface area contributed by atoms with Crippen LogP contribution in [0.5, 0.6) is 0 Å². The predicted octanol–water partition coefficient (Wildman–Crippen LogP) is 4.56. The molecule has 0 aromatic heterocycles. The quantitative estimate of drug-likeness (QED) is 0.485. The van der Waals surface area contributed by atoms with E-state index in [-0.39, 0.29) is 0 Å². The van der Waals surface area contributed by atoms with Gasteiger partial charge in [-0.15, -0.1) is 6.58 Å². The lowest BCUT2D eigenvalue weighted by atomic mass is 10.0. The van der Waals surface area contributed by atoms with Gasteiger partial charge < -0.3 is 5.11 Å². The molecule has 26 heavy (non-hydrogen) atoms. The normalized spacial score (nSPS) is 12.5. The van der Waals surface area contributed by atoms with E-state index in [1.165, 1.54) is 10.4 Å². The fourth-order valence-corrected chi connectivity index (χ4v) is 7.36. The highest BCUT2D eigenvalue weighted by atomic mass is 28.3. The Morgan fingerprint density at radius 3 is 1.69 bits per heavy atom. The molecule has 0 amide bonds. The molecule has 3 aromatic rings. The predicted molar refractivity (Wildman–Crippen MR) is 114 cm³/mol. The number of hydrogen-bond donors (Lipinski definition) is 1. The van der Waals surface area contributed by atoms with Crippen LogP contribution in [0.1, 0.15) is 18.1 Å². The van der Waals surface area contributed by atoms with E-state index in [1.54, 1.807) is 0 Å². The third kappa shape index (κ3) is 4.21. The zero-order valence-corrected chi connectivity index (χ0v) is 16.3. The zero-order valence-electron chi connectivity index (χ0n) is 15.3. The second-order valence-corrected chi connectivity index (χ2v) is 11.3. The Labute approximate surface area is 157 Å². The second kappa shape index (κ2) is 8.30. The molecule has 1 N–H and O–H groups in total. The van der Waals surface area contributed by atoms with E-state index < -0.39 is 14.2 Å². The number of hydrogen-bond acceptors (Lipinski definition) is 1. The van der Waals surface area contributed by atoms with Crippen LogP contribution in [-0.2, 0) is 0 Å². The molecular weight excluding hydrogens is 332 g/mol. The van der Waals surface area contributed by atoms with E-state index in [2.05, 4.69) is 73.8 Å². The fraction of sp³-hybridized carbons (Fsp3) is 0.167. The van der Waals surface area contributed by atoms with Crippen LogP contribution in [-0.4, -0.2) is 13.2 Å². The summed E-state index contributed by atoms with van der Waals surface area (Å²) in [4.78, 5) is 0. The first kappa shape index (κ1) is 18.4. The van der Waals surface area contributed by atoms with Gasteiger partial charge >= 0.3 is 0 Å². The van der Waals surface area contributed by atoms with Gasteiger partial charge in [0.2, 0.25) is 0 Å². The summed E-state index contributed by atoms with van der Waals surface area (Å²) in [5.74, 6) is 0. The SMILES string of the molecule is C=C(CC(O)c1ccccc1)C[Si](C)(c1ccccc1)c1ccccc1. The molecule has 1 unspecified atom stereocenters. The molecular formula is C24H26OSi. The molecule has 0 aliphatic carbocycles. The first-order chi connectivity index (χ1) is 12.6. The van der Waals surface area contributed by atoms with Crippen LogP contribution in [0.2, 0.25) is 12.6 Å². The van der Waals surface area contributed by atoms with Crippen molar-refractivity contribution in [3.05, 3.63) is 109 Å². The Hall–Kier alpha value is -2.42. The summed E-state index contributed by atoms with van der Waals surface area (Å²) in [5, 5.41) is 13.4. The zero-order chi connectivity index (χ0) is 18.4.